The van der Waals surface area contributed by atoms with E-state index in [9.17, 15) is 14.1 Å². The van der Waals surface area contributed by atoms with Gasteiger partial charge in [0.2, 0.25) is 0 Å². The number of rotatable bonds is 5. The largest absolute Gasteiger partial charge is 0.461 e. The maximum atomic E-state index is 13.5. The Bertz CT molecular complexity index is 863. The first kappa shape index (κ1) is 19.1. The number of ether oxygens (including phenoxy) is 1. The van der Waals surface area contributed by atoms with E-state index in [4.69, 9.17) is 9.72 Å². The second-order valence-corrected chi connectivity index (χ2v) is 7.17. The number of aromatic nitrogens is 1. The number of fused-ring (bicyclic) bond motifs is 1. The minimum Gasteiger partial charge on any atom is -0.461 e. The number of esters is 1. The van der Waals surface area contributed by atoms with E-state index in [1.165, 1.54) is 19.1 Å². The van der Waals surface area contributed by atoms with Crippen molar-refractivity contribution >= 4 is 5.97 Å². The molecule has 1 atom stereocenters. The fourth-order valence-corrected chi connectivity index (χ4v) is 3.71. The van der Waals surface area contributed by atoms with E-state index in [-0.39, 0.29) is 24.3 Å². The van der Waals surface area contributed by atoms with Gasteiger partial charge in [0.25, 0.3) is 0 Å². The highest BCUT2D eigenvalue weighted by Crippen LogP contribution is 2.41. The average Bonchev–Trinajstić information content (AvgIpc) is 2.65. The molecule has 0 saturated carbocycles. The fourth-order valence-electron chi connectivity index (χ4n) is 3.71. The lowest BCUT2D eigenvalue weighted by Crippen LogP contribution is -2.17. The van der Waals surface area contributed by atoms with E-state index in [0.29, 0.717) is 12.1 Å². The molecule has 0 N–H and O–H groups in total. The summed E-state index contributed by atoms with van der Waals surface area (Å²) < 4.78 is 18.8. The summed E-state index contributed by atoms with van der Waals surface area (Å²) in [6.45, 7) is 5.47. The van der Waals surface area contributed by atoms with Crippen LogP contribution in [0.1, 0.15) is 68.1 Å². The molecule has 1 heterocycles. The number of carbonyl (C=O) groups excluding carboxylic acids is 1. The molecule has 6 heteroatoms. The molecule has 1 aliphatic carbocycles. The molecule has 0 fully saturated rings. The van der Waals surface area contributed by atoms with Gasteiger partial charge in [-0.3, -0.25) is 9.78 Å². The first-order valence-corrected chi connectivity index (χ1v) is 9.19. The number of carbonyl (C=O) groups is 1. The van der Waals surface area contributed by atoms with Gasteiger partial charge in [-0.25, -0.2) is 4.39 Å². The first-order valence-electron chi connectivity index (χ1n) is 9.19. The molecule has 2 aromatic rings. The Labute approximate surface area is 157 Å². The Morgan fingerprint density at radius 3 is 2.63 bits per heavy atom. The predicted molar refractivity (Wildman–Crippen MR) is 101 cm³/mol. The Morgan fingerprint density at radius 2 is 2.04 bits per heavy atom. The van der Waals surface area contributed by atoms with Gasteiger partial charge in [0.1, 0.15) is 18.5 Å². The molecule has 1 aliphatic rings. The van der Waals surface area contributed by atoms with Gasteiger partial charge in [0.15, 0.2) is 0 Å². The van der Waals surface area contributed by atoms with Gasteiger partial charge >= 0.3 is 5.97 Å². The van der Waals surface area contributed by atoms with E-state index >= 15 is 0 Å². The third-order valence-electron chi connectivity index (χ3n) is 4.91. The summed E-state index contributed by atoms with van der Waals surface area (Å²) in [4.78, 5) is 27.6. The van der Waals surface area contributed by atoms with Crippen LogP contribution in [0.15, 0.2) is 29.4 Å². The van der Waals surface area contributed by atoms with Crippen molar-refractivity contribution in [2.24, 2.45) is 5.18 Å². The van der Waals surface area contributed by atoms with E-state index in [2.05, 4.69) is 5.18 Å². The summed E-state index contributed by atoms with van der Waals surface area (Å²) in [7, 11) is 0. The summed E-state index contributed by atoms with van der Waals surface area (Å²) in [6.07, 6.45) is 2.26. The van der Waals surface area contributed by atoms with Gasteiger partial charge in [0, 0.05) is 12.5 Å². The lowest BCUT2D eigenvalue weighted by Gasteiger charge is -2.27. The van der Waals surface area contributed by atoms with Crippen molar-refractivity contribution in [3.05, 3.63) is 57.5 Å². The average molecular weight is 370 g/mol. The molecular formula is C21H23FN2O3. The molecule has 1 unspecified atom stereocenters. The molecule has 142 valence electrons. The van der Waals surface area contributed by atoms with Crippen LogP contribution in [0.4, 0.5) is 4.39 Å². The third kappa shape index (κ3) is 3.89. The molecule has 1 aromatic heterocycles. The fraction of sp³-hybridized carbons (Fsp3) is 0.429. The third-order valence-corrected chi connectivity index (χ3v) is 4.91. The van der Waals surface area contributed by atoms with Gasteiger partial charge < -0.3 is 4.74 Å². The van der Waals surface area contributed by atoms with Crippen molar-refractivity contribution in [1.82, 2.24) is 4.98 Å². The smallest absolute Gasteiger partial charge is 0.302 e. The summed E-state index contributed by atoms with van der Waals surface area (Å²) in [5.41, 5.74) is 4.96. The van der Waals surface area contributed by atoms with Crippen LogP contribution in [-0.2, 0) is 22.6 Å². The second kappa shape index (κ2) is 7.94. The second-order valence-electron chi connectivity index (χ2n) is 7.17. The van der Waals surface area contributed by atoms with Crippen molar-refractivity contribution in [3.8, 4) is 11.1 Å². The molecule has 0 bridgehead atoms. The quantitative estimate of drug-likeness (QED) is 0.535. The topological polar surface area (TPSA) is 68.6 Å². The highest BCUT2D eigenvalue weighted by atomic mass is 19.1. The van der Waals surface area contributed by atoms with E-state index in [1.54, 1.807) is 12.1 Å². The molecule has 0 radical (unpaired) electrons. The number of nitrogens with zero attached hydrogens (tertiary/aromatic N) is 2. The zero-order valence-corrected chi connectivity index (χ0v) is 15.8. The minimum atomic E-state index is -0.478. The molecule has 5 nitrogen and oxygen atoms in total. The lowest BCUT2D eigenvalue weighted by atomic mass is 9.82. The van der Waals surface area contributed by atoms with Crippen LogP contribution in [0.3, 0.4) is 0 Å². The molecule has 3 rings (SSSR count). The van der Waals surface area contributed by atoms with E-state index in [1.807, 2.05) is 13.8 Å². The standard InChI is InChI=1S/C21H23FN2O3/c1-12(2)20-17(11-27-13(3)25)19(14-7-9-15(22)10-8-14)16-5-4-6-18(24-26)21(16)23-20/h7-10,12,18H,4-6,11H2,1-3H3. The maximum Gasteiger partial charge on any atom is 0.302 e. The van der Waals surface area contributed by atoms with Crippen LogP contribution in [0, 0.1) is 10.7 Å². The van der Waals surface area contributed by atoms with Crippen molar-refractivity contribution < 1.29 is 13.9 Å². The summed E-state index contributed by atoms with van der Waals surface area (Å²) in [5, 5.41) is 3.28. The zero-order chi connectivity index (χ0) is 19.6. The summed E-state index contributed by atoms with van der Waals surface area (Å²) in [5.74, 6) is -0.631. The number of hydrogen-bond acceptors (Lipinski definition) is 5. The first-order chi connectivity index (χ1) is 12.9. The molecule has 27 heavy (non-hydrogen) atoms. The van der Waals surface area contributed by atoms with Crippen LogP contribution in [-0.4, -0.2) is 11.0 Å². The number of halogens is 1. The highest BCUT2D eigenvalue weighted by molar-refractivity contribution is 5.74. The van der Waals surface area contributed by atoms with Crippen LogP contribution in [0.2, 0.25) is 0 Å². The summed E-state index contributed by atoms with van der Waals surface area (Å²) >= 11 is 0. The molecule has 0 aliphatic heterocycles. The number of hydrogen-bond donors (Lipinski definition) is 0. The van der Waals surface area contributed by atoms with E-state index in [0.717, 1.165) is 40.8 Å². The van der Waals surface area contributed by atoms with Crippen molar-refractivity contribution in [1.29, 1.82) is 0 Å². The predicted octanol–water partition coefficient (Wildman–Crippen LogP) is 5.22. The number of nitroso groups, excluding NO2 is 1. The Balaban J connectivity index is 2.30. The number of benzene rings is 1. The highest BCUT2D eigenvalue weighted by Gasteiger charge is 2.30. The zero-order valence-electron chi connectivity index (χ0n) is 15.8. The molecule has 0 amide bonds. The van der Waals surface area contributed by atoms with Crippen molar-refractivity contribution in [2.75, 3.05) is 0 Å². The van der Waals surface area contributed by atoms with Crippen LogP contribution in [0.5, 0.6) is 0 Å². The van der Waals surface area contributed by atoms with Crippen LogP contribution in [0.25, 0.3) is 11.1 Å². The van der Waals surface area contributed by atoms with Gasteiger partial charge in [-0.05, 0) is 54.0 Å². The monoisotopic (exact) mass is 370 g/mol. The van der Waals surface area contributed by atoms with Gasteiger partial charge in [0.05, 0.1) is 11.4 Å². The molecule has 0 spiro atoms. The van der Waals surface area contributed by atoms with Gasteiger partial charge in [-0.1, -0.05) is 31.2 Å². The van der Waals surface area contributed by atoms with Crippen LogP contribution < -0.4 is 0 Å². The normalized spacial score (nSPS) is 16.1. The molecule has 0 saturated heterocycles. The molecular weight excluding hydrogens is 347 g/mol. The van der Waals surface area contributed by atoms with Gasteiger partial charge in [-0.2, -0.15) is 4.91 Å². The Morgan fingerprint density at radius 1 is 1.33 bits per heavy atom. The van der Waals surface area contributed by atoms with Gasteiger partial charge in [-0.15, -0.1) is 0 Å². The SMILES string of the molecule is CC(=O)OCc1c(C(C)C)nc2c(c1-c1ccc(F)cc1)CCCC2N=O. The minimum absolute atomic E-state index is 0.0642. The Hall–Kier alpha value is -2.63. The summed E-state index contributed by atoms with van der Waals surface area (Å²) in [6, 6.07) is 5.76. The lowest BCUT2D eigenvalue weighted by molar-refractivity contribution is -0.142. The van der Waals surface area contributed by atoms with Crippen molar-refractivity contribution in [2.45, 2.75) is 58.6 Å². The van der Waals surface area contributed by atoms with E-state index < -0.39 is 6.04 Å². The van der Waals surface area contributed by atoms with Crippen LogP contribution >= 0.6 is 0 Å². The Kier molecular flexibility index (Phi) is 5.63. The molecule has 1 aromatic carbocycles. The maximum absolute atomic E-state index is 13.5. The number of pyridine rings is 1. The van der Waals surface area contributed by atoms with Crippen molar-refractivity contribution in [3.63, 3.8) is 0 Å².